The molecule has 34 heavy (non-hydrogen) atoms. The monoisotopic (exact) mass is 481 g/mol. The van der Waals surface area contributed by atoms with Gasteiger partial charge < -0.3 is 26.4 Å². The molecule has 0 saturated heterocycles. The molecule has 0 aliphatic carbocycles. The summed E-state index contributed by atoms with van der Waals surface area (Å²) in [5.74, 6) is -0.995. The first-order valence-corrected chi connectivity index (χ1v) is 10.3. The number of hydrogen-bond donors (Lipinski definition) is 4. The van der Waals surface area contributed by atoms with Crippen LogP contribution < -0.4 is 16.8 Å². The highest BCUT2D eigenvalue weighted by Gasteiger charge is 2.51. The lowest BCUT2D eigenvalue weighted by Crippen LogP contribution is -2.35. The van der Waals surface area contributed by atoms with Crippen molar-refractivity contribution in [3.8, 4) is 11.3 Å². The number of aliphatic hydroxyl groups is 1. The van der Waals surface area contributed by atoms with E-state index in [1.54, 1.807) is 12.1 Å². The Bertz CT molecular complexity index is 1170. The van der Waals surface area contributed by atoms with Gasteiger partial charge in [-0.1, -0.05) is 5.16 Å². The number of aromatic nitrogens is 4. The average molecular weight is 481 g/mol. The van der Waals surface area contributed by atoms with Crippen LogP contribution in [0.2, 0.25) is 0 Å². The molecule has 0 saturated carbocycles. The standard InChI is InChI=1S/C21H26F3N7O3/c1-10(2)31-18(25)16(19(26)33)17(29-31)11-5-6-12(27-9-11)7-15(32)28-14-8-13(34-30-14)20(3,4)21(22,23)24/h5-6,8-10,15,32H,7,25H2,1-4H3,(H2,26,33)(H,28,30). The molecule has 3 aromatic heterocycles. The number of alkyl halides is 3. The van der Waals surface area contributed by atoms with Crippen molar-refractivity contribution in [1.29, 1.82) is 0 Å². The second kappa shape index (κ2) is 8.97. The maximum atomic E-state index is 13.2. The third-order valence-electron chi connectivity index (χ3n) is 5.33. The largest absolute Gasteiger partial charge is 0.401 e. The van der Waals surface area contributed by atoms with Gasteiger partial charge in [-0.25, -0.2) is 4.68 Å². The van der Waals surface area contributed by atoms with Crippen LogP contribution in [-0.4, -0.2) is 43.3 Å². The number of nitrogen functional groups attached to an aromatic ring is 1. The summed E-state index contributed by atoms with van der Waals surface area (Å²) in [4.78, 5) is 16.2. The molecule has 3 aromatic rings. The van der Waals surface area contributed by atoms with Gasteiger partial charge in [0.2, 0.25) is 0 Å². The molecule has 1 atom stereocenters. The van der Waals surface area contributed by atoms with Crippen molar-refractivity contribution in [2.45, 2.75) is 58.0 Å². The summed E-state index contributed by atoms with van der Waals surface area (Å²) < 4.78 is 45.8. The lowest BCUT2D eigenvalue weighted by atomic mass is 9.89. The molecule has 3 heterocycles. The van der Waals surface area contributed by atoms with E-state index >= 15 is 0 Å². The molecule has 0 aliphatic rings. The molecular weight excluding hydrogens is 455 g/mol. The van der Waals surface area contributed by atoms with E-state index in [0.29, 0.717) is 17.0 Å². The molecule has 6 N–H and O–H groups in total. The molecule has 0 radical (unpaired) electrons. The van der Waals surface area contributed by atoms with Gasteiger partial charge in [0.15, 0.2) is 11.6 Å². The molecule has 3 rings (SSSR count). The molecule has 1 amide bonds. The van der Waals surface area contributed by atoms with Gasteiger partial charge in [0.1, 0.15) is 28.7 Å². The van der Waals surface area contributed by atoms with Crippen LogP contribution in [0.5, 0.6) is 0 Å². The minimum Gasteiger partial charge on any atom is -0.383 e. The number of nitrogens with one attached hydrogen (secondary N) is 1. The topological polar surface area (TPSA) is 158 Å². The van der Waals surface area contributed by atoms with Crippen LogP contribution in [0.1, 0.15) is 55.5 Å². The van der Waals surface area contributed by atoms with Crippen LogP contribution in [-0.2, 0) is 11.8 Å². The molecule has 10 nitrogen and oxygen atoms in total. The first-order valence-electron chi connectivity index (χ1n) is 10.3. The number of carbonyl (C=O) groups excluding carboxylic acids is 1. The van der Waals surface area contributed by atoms with Gasteiger partial charge >= 0.3 is 6.18 Å². The highest BCUT2D eigenvalue weighted by Crippen LogP contribution is 2.41. The quantitative estimate of drug-likeness (QED) is 0.358. The summed E-state index contributed by atoms with van der Waals surface area (Å²) in [6.07, 6.45) is -4.27. The van der Waals surface area contributed by atoms with Gasteiger partial charge in [0.05, 0.1) is 0 Å². The van der Waals surface area contributed by atoms with Crippen molar-refractivity contribution in [2.75, 3.05) is 11.1 Å². The Hall–Kier alpha value is -3.61. The second-order valence-electron chi connectivity index (χ2n) is 8.61. The summed E-state index contributed by atoms with van der Waals surface area (Å²) in [7, 11) is 0. The van der Waals surface area contributed by atoms with Crippen LogP contribution >= 0.6 is 0 Å². The maximum Gasteiger partial charge on any atom is 0.401 e. The second-order valence-corrected chi connectivity index (χ2v) is 8.61. The highest BCUT2D eigenvalue weighted by atomic mass is 19.4. The predicted molar refractivity (Wildman–Crippen MR) is 118 cm³/mol. The molecule has 0 aromatic carbocycles. The number of anilines is 2. The van der Waals surface area contributed by atoms with Crippen molar-refractivity contribution >= 4 is 17.5 Å². The molecule has 0 spiro atoms. The Labute approximate surface area is 193 Å². The minimum absolute atomic E-state index is 0.0103. The van der Waals surface area contributed by atoms with E-state index in [1.807, 2.05) is 13.8 Å². The molecule has 0 fully saturated rings. The third-order valence-corrected chi connectivity index (χ3v) is 5.33. The summed E-state index contributed by atoms with van der Waals surface area (Å²) in [6.45, 7) is 5.66. The van der Waals surface area contributed by atoms with Crippen LogP contribution in [0, 0.1) is 0 Å². The maximum absolute atomic E-state index is 13.2. The Morgan fingerprint density at radius 1 is 1.29 bits per heavy atom. The minimum atomic E-state index is -4.53. The number of hydrogen-bond acceptors (Lipinski definition) is 8. The van der Waals surface area contributed by atoms with Gasteiger partial charge in [-0.2, -0.15) is 18.3 Å². The Balaban J connectivity index is 1.73. The zero-order chi connectivity index (χ0) is 25.4. The summed E-state index contributed by atoms with van der Waals surface area (Å²) in [5.41, 5.74) is 10.6. The molecule has 184 valence electrons. The molecule has 0 aliphatic heterocycles. The molecule has 13 heteroatoms. The number of amides is 1. The number of aliphatic hydroxyl groups excluding tert-OH is 1. The number of rotatable bonds is 8. The lowest BCUT2D eigenvalue weighted by molar-refractivity contribution is -0.185. The number of nitrogens with two attached hydrogens (primary N) is 2. The number of halogens is 3. The van der Waals surface area contributed by atoms with Crippen molar-refractivity contribution in [3.63, 3.8) is 0 Å². The Kier molecular flexibility index (Phi) is 6.60. The fraction of sp³-hybridized carbons (Fsp3) is 0.429. The summed E-state index contributed by atoms with van der Waals surface area (Å²) in [5, 5.41) is 20.8. The van der Waals surface area contributed by atoms with Crippen molar-refractivity contribution in [2.24, 2.45) is 5.73 Å². The summed E-state index contributed by atoms with van der Waals surface area (Å²) >= 11 is 0. The van der Waals surface area contributed by atoms with Crippen molar-refractivity contribution in [3.05, 3.63) is 41.4 Å². The van der Waals surface area contributed by atoms with E-state index in [4.69, 9.17) is 16.0 Å². The van der Waals surface area contributed by atoms with Crippen LogP contribution in [0.15, 0.2) is 28.9 Å². The zero-order valence-corrected chi connectivity index (χ0v) is 19.0. The smallest absolute Gasteiger partial charge is 0.383 e. The fourth-order valence-electron chi connectivity index (χ4n) is 3.17. The SMILES string of the molecule is CC(C)n1nc(-c2ccc(CC(O)Nc3cc(C(C)(C)C(F)(F)F)on3)nc2)c(C(N)=O)c1N. The van der Waals surface area contributed by atoms with Crippen LogP contribution in [0.25, 0.3) is 11.3 Å². The van der Waals surface area contributed by atoms with E-state index in [9.17, 15) is 23.1 Å². The zero-order valence-electron chi connectivity index (χ0n) is 19.0. The Morgan fingerprint density at radius 2 is 1.97 bits per heavy atom. The van der Waals surface area contributed by atoms with Gasteiger partial charge in [-0.15, -0.1) is 0 Å². The van der Waals surface area contributed by atoms with Crippen molar-refractivity contribution in [1.82, 2.24) is 19.9 Å². The van der Waals surface area contributed by atoms with Gasteiger partial charge in [0.25, 0.3) is 5.91 Å². The average Bonchev–Trinajstić information content (AvgIpc) is 3.32. The number of nitrogens with zero attached hydrogens (tertiary/aromatic N) is 4. The summed E-state index contributed by atoms with van der Waals surface area (Å²) in [6, 6.07) is 4.25. The molecule has 0 bridgehead atoms. The van der Waals surface area contributed by atoms with Crippen molar-refractivity contribution < 1.29 is 27.6 Å². The van der Waals surface area contributed by atoms with Gasteiger partial charge in [-0.3, -0.25) is 9.78 Å². The fourth-order valence-corrected chi connectivity index (χ4v) is 3.17. The van der Waals surface area contributed by atoms with Gasteiger partial charge in [0, 0.05) is 36.0 Å². The molecular formula is C21H26F3N7O3. The van der Waals surface area contributed by atoms with Gasteiger partial charge in [-0.05, 0) is 39.8 Å². The first-order chi connectivity index (χ1) is 15.7. The number of pyridine rings is 1. The van der Waals surface area contributed by atoms with E-state index in [0.717, 1.165) is 19.9 Å². The van der Waals surface area contributed by atoms with E-state index < -0.39 is 23.7 Å². The molecule has 1 unspecified atom stereocenters. The Morgan fingerprint density at radius 3 is 2.50 bits per heavy atom. The normalized spacial score (nSPS) is 13.3. The van der Waals surface area contributed by atoms with Crippen LogP contribution in [0.4, 0.5) is 24.8 Å². The van der Waals surface area contributed by atoms with E-state index in [2.05, 4.69) is 20.6 Å². The highest BCUT2D eigenvalue weighted by molar-refractivity contribution is 6.03. The van der Waals surface area contributed by atoms with E-state index in [1.165, 1.54) is 10.9 Å². The lowest BCUT2D eigenvalue weighted by Gasteiger charge is -2.24. The number of carbonyl (C=O) groups is 1. The predicted octanol–water partition coefficient (Wildman–Crippen LogP) is 3.01. The van der Waals surface area contributed by atoms with E-state index in [-0.39, 0.29) is 35.4 Å². The van der Waals surface area contributed by atoms with Crippen LogP contribution in [0.3, 0.4) is 0 Å². The third kappa shape index (κ3) is 4.83. The first kappa shape index (κ1) is 25.0. The number of primary amides is 1.